The zero-order chi connectivity index (χ0) is 16.2. The van der Waals surface area contributed by atoms with Crippen LogP contribution in [0.15, 0.2) is 36.4 Å². The molecular formula is C21H20N2. The first-order chi connectivity index (χ1) is 11.3. The van der Waals surface area contributed by atoms with Gasteiger partial charge >= 0.3 is 0 Å². The van der Waals surface area contributed by atoms with E-state index in [9.17, 15) is 10.5 Å². The minimum atomic E-state index is 0.318. The normalized spacial score (nSPS) is 12.3. The van der Waals surface area contributed by atoms with E-state index in [2.05, 4.69) is 31.2 Å². The van der Waals surface area contributed by atoms with Crippen molar-refractivity contribution in [3.8, 4) is 23.3 Å². The topological polar surface area (TPSA) is 47.6 Å². The molecule has 2 heteroatoms. The molecule has 3 rings (SSSR count). The molecule has 1 aliphatic rings. The SMILES string of the molecule is CCCCCCC1c2cc(C#N)ccc2-c2ccc(C#N)cc21. The second-order valence-electron chi connectivity index (χ2n) is 6.23. The van der Waals surface area contributed by atoms with Gasteiger partial charge in [-0.05, 0) is 52.9 Å². The predicted molar refractivity (Wildman–Crippen MR) is 91.9 cm³/mol. The van der Waals surface area contributed by atoms with Gasteiger partial charge in [-0.2, -0.15) is 10.5 Å². The molecular weight excluding hydrogens is 280 g/mol. The number of hydrogen-bond donors (Lipinski definition) is 0. The fraction of sp³-hybridized carbons (Fsp3) is 0.333. The van der Waals surface area contributed by atoms with Gasteiger partial charge in [-0.1, -0.05) is 44.7 Å². The maximum atomic E-state index is 9.21. The predicted octanol–water partition coefficient (Wildman–Crippen LogP) is 5.51. The van der Waals surface area contributed by atoms with Gasteiger partial charge in [-0.3, -0.25) is 0 Å². The molecule has 2 nitrogen and oxygen atoms in total. The summed E-state index contributed by atoms with van der Waals surface area (Å²) in [6, 6.07) is 16.5. The summed E-state index contributed by atoms with van der Waals surface area (Å²) in [5.74, 6) is 0.318. The summed E-state index contributed by atoms with van der Waals surface area (Å²) < 4.78 is 0. The Kier molecular flexibility index (Phi) is 4.45. The summed E-state index contributed by atoms with van der Waals surface area (Å²) in [6.45, 7) is 2.22. The second-order valence-corrected chi connectivity index (χ2v) is 6.23. The molecule has 0 bridgehead atoms. The van der Waals surface area contributed by atoms with Gasteiger partial charge in [-0.25, -0.2) is 0 Å². The Balaban J connectivity index is 2.00. The summed E-state index contributed by atoms with van der Waals surface area (Å²) >= 11 is 0. The lowest BCUT2D eigenvalue weighted by atomic mass is 9.90. The van der Waals surface area contributed by atoms with Crippen LogP contribution in [0, 0.1) is 22.7 Å². The van der Waals surface area contributed by atoms with Gasteiger partial charge in [0.1, 0.15) is 0 Å². The summed E-state index contributed by atoms with van der Waals surface area (Å²) in [6.07, 6.45) is 6.01. The molecule has 0 fully saturated rings. The van der Waals surface area contributed by atoms with E-state index >= 15 is 0 Å². The Bertz CT molecular complexity index is 742. The Morgan fingerprint density at radius 2 is 1.39 bits per heavy atom. The minimum absolute atomic E-state index is 0.318. The highest BCUT2D eigenvalue weighted by Gasteiger charge is 2.28. The molecule has 0 saturated heterocycles. The van der Waals surface area contributed by atoms with Gasteiger partial charge in [0.05, 0.1) is 23.3 Å². The minimum Gasteiger partial charge on any atom is -0.192 e. The quantitative estimate of drug-likeness (QED) is 0.683. The summed E-state index contributed by atoms with van der Waals surface area (Å²) in [7, 11) is 0. The Morgan fingerprint density at radius 1 is 0.826 bits per heavy atom. The number of unbranched alkanes of at least 4 members (excludes halogenated alkanes) is 3. The molecule has 0 saturated carbocycles. The van der Waals surface area contributed by atoms with Crippen molar-refractivity contribution in [2.75, 3.05) is 0 Å². The van der Waals surface area contributed by atoms with E-state index in [1.165, 1.54) is 47.9 Å². The lowest BCUT2D eigenvalue weighted by Crippen LogP contribution is -1.98. The highest BCUT2D eigenvalue weighted by Crippen LogP contribution is 2.47. The van der Waals surface area contributed by atoms with Crippen LogP contribution in [-0.4, -0.2) is 0 Å². The fourth-order valence-corrected chi connectivity index (χ4v) is 3.59. The summed E-state index contributed by atoms with van der Waals surface area (Å²) in [5.41, 5.74) is 6.40. The molecule has 0 unspecified atom stereocenters. The van der Waals surface area contributed by atoms with Crippen LogP contribution in [-0.2, 0) is 0 Å². The Labute approximate surface area is 138 Å². The number of benzene rings is 2. The third-order valence-corrected chi connectivity index (χ3v) is 4.75. The largest absolute Gasteiger partial charge is 0.192 e. The molecule has 0 N–H and O–H groups in total. The smallest absolute Gasteiger partial charge is 0.0991 e. The van der Waals surface area contributed by atoms with Crippen LogP contribution in [0.5, 0.6) is 0 Å². The first-order valence-electron chi connectivity index (χ1n) is 8.37. The van der Waals surface area contributed by atoms with Gasteiger partial charge in [-0.15, -0.1) is 0 Å². The van der Waals surface area contributed by atoms with E-state index in [0.29, 0.717) is 5.92 Å². The van der Waals surface area contributed by atoms with E-state index in [-0.39, 0.29) is 0 Å². The van der Waals surface area contributed by atoms with Crippen molar-refractivity contribution in [1.82, 2.24) is 0 Å². The Hall–Kier alpha value is -2.58. The number of fused-ring (bicyclic) bond motifs is 3. The van der Waals surface area contributed by atoms with Crippen LogP contribution in [0.3, 0.4) is 0 Å². The molecule has 0 aromatic heterocycles. The summed E-state index contributed by atoms with van der Waals surface area (Å²) in [4.78, 5) is 0. The zero-order valence-corrected chi connectivity index (χ0v) is 13.5. The molecule has 2 aromatic carbocycles. The van der Waals surface area contributed by atoms with Crippen molar-refractivity contribution in [2.45, 2.75) is 44.9 Å². The maximum absolute atomic E-state index is 9.21. The molecule has 2 aromatic rings. The highest BCUT2D eigenvalue weighted by molar-refractivity contribution is 5.80. The van der Waals surface area contributed by atoms with E-state index in [0.717, 1.165) is 17.5 Å². The molecule has 0 aliphatic heterocycles. The number of nitriles is 2. The van der Waals surface area contributed by atoms with Gasteiger partial charge in [0.25, 0.3) is 0 Å². The van der Waals surface area contributed by atoms with Gasteiger partial charge in [0.2, 0.25) is 0 Å². The third kappa shape index (κ3) is 2.86. The van der Waals surface area contributed by atoms with Gasteiger partial charge in [0.15, 0.2) is 0 Å². The van der Waals surface area contributed by atoms with E-state index < -0.39 is 0 Å². The first-order valence-corrected chi connectivity index (χ1v) is 8.37. The van der Waals surface area contributed by atoms with E-state index in [1.54, 1.807) is 0 Å². The molecule has 114 valence electrons. The zero-order valence-electron chi connectivity index (χ0n) is 13.5. The molecule has 23 heavy (non-hydrogen) atoms. The third-order valence-electron chi connectivity index (χ3n) is 4.75. The molecule has 0 radical (unpaired) electrons. The second kappa shape index (κ2) is 6.67. The lowest BCUT2D eigenvalue weighted by Gasteiger charge is -2.14. The van der Waals surface area contributed by atoms with Crippen molar-refractivity contribution in [3.63, 3.8) is 0 Å². The maximum Gasteiger partial charge on any atom is 0.0991 e. The van der Waals surface area contributed by atoms with Crippen molar-refractivity contribution < 1.29 is 0 Å². The monoisotopic (exact) mass is 300 g/mol. The van der Waals surface area contributed by atoms with Crippen LogP contribution >= 0.6 is 0 Å². The van der Waals surface area contributed by atoms with Gasteiger partial charge in [0, 0.05) is 5.92 Å². The van der Waals surface area contributed by atoms with Crippen molar-refractivity contribution in [3.05, 3.63) is 58.7 Å². The van der Waals surface area contributed by atoms with Crippen LogP contribution in [0.4, 0.5) is 0 Å². The van der Waals surface area contributed by atoms with Crippen molar-refractivity contribution in [1.29, 1.82) is 10.5 Å². The van der Waals surface area contributed by atoms with Crippen LogP contribution < -0.4 is 0 Å². The standard InChI is InChI=1S/C21H20N2/c1-2-3-4-5-6-17-20-11-15(13-22)7-9-18(20)19-10-8-16(14-23)12-21(17)19/h7-12,17H,2-6H2,1H3. The Morgan fingerprint density at radius 3 is 1.87 bits per heavy atom. The molecule has 1 aliphatic carbocycles. The van der Waals surface area contributed by atoms with E-state index in [1.807, 2.05) is 24.3 Å². The average Bonchev–Trinajstić information content (AvgIpc) is 2.90. The van der Waals surface area contributed by atoms with E-state index in [4.69, 9.17) is 0 Å². The molecule has 0 amide bonds. The van der Waals surface area contributed by atoms with Crippen LogP contribution in [0.25, 0.3) is 11.1 Å². The van der Waals surface area contributed by atoms with Crippen LogP contribution in [0.1, 0.15) is 67.2 Å². The van der Waals surface area contributed by atoms with Crippen LogP contribution in [0.2, 0.25) is 0 Å². The van der Waals surface area contributed by atoms with Crippen molar-refractivity contribution in [2.24, 2.45) is 0 Å². The van der Waals surface area contributed by atoms with Crippen molar-refractivity contribution >= 4 is 0 Å². The first kappa shape index (κ1) is 15.3. The molecule has 0 spiro atoms. The number of nitrogens with zero attached hydrogens (tertiary/aromatic N) is 2. The highest BCUT2D eigenvalue weighted by atomic mass is 14.3. The number of hydrogen-bond acceptors (Lipinski definition) is 2. The number of rotatable bonds is 5. The summed E-state index contributed by atoms with van der Waals surface area (Å²) in [5, 5.41) is 18.4. The fourth-order valence-electron chi connectivity index (χ4n) is 3.59. The molecule has 0 heterocycles. The molecule has 0 atom stereocenters. The van der Waals surface area contributed by atoms with Gasteiger partial charge < -0.3 is 0 Å². The lowest BCUT2D eigenvalue weighted by molar-refractivity contribution is 0.601. The average molecular weight is 300 g/mol.